The summed E-state index contributed by atoms with van der Waals surface area (Å²) in [7, 11) is 0. The molecule has 0 saturated carbocycles. The molecule has 13 rings (SSSR count). The number of benzene rings is 8. The lowest BCUT2D eigenvalue weighted by Gasteiger charge is -2.16. The molecule has 0 aliphatic heterocycles. The summed E-state index contributed by atoms with van der Waals surface area (Å²) < 4.78 is 117. The first kappa shape index (κ1) is 22.2. The Hall–Kier alpha value is -7.61. The molecule has 0 saturated heterocycles. The number of nitrogens with zero attached hydrogens (tertiary/aromatic N) is 6. The summed E-state index contributed by atoms with van der Waals surface area (Å²) >= 11 is 1.61. The maximum absolute atomic E-state index is 9.83. The number of rotatable bonds is 4. The van der Waals surface area contributed by atoms with Gasteiger partial charge in [-0.05, 0) is 54.5 Å². The summed E-state index contributed by atoms with van der Waals surface area (Å²) in [5.74, 6) is -0.654. The highest BCUT2D eigenvalue weighted by atomic mass is 32.1. The van der Waals surface area contributed by atoms with Crippen LogP contribution in [0, 0.1) is 0 Å². The van der Waals surface area contributed by atoms with Gasteiger partial charge in [-0.2, -0.15) is 15.0 Å². The van der Waals surface area contributed by atoms with Gasteiger partial charge in [0, 0.05) is 58.1 Å². The number of para-hydroxylation sites is 6. The van der Waals surface area contributed by atoms with Gasteiger partial charge in [0.05, 0.1) is 55.2 Å². The molecule has 0 atom stereocenters. The molecule has 8 aromatic carbocycles. The smallest absolute Gasteiger partial charge is 0.240 e. The number of aromatic nitrogens is 6. The molecule has 13 aromatic rings. The van der Waals surface area contributed by atoms with E-state index in [1.807, 2.05) is 108 Å². The van der Waals surface area contributed by atoms with Crippen molar-refractivity contribution in [2.24, 2.45) is 0 Å². The number of fused-ring (bicyclic) bond motifs is 13. The fraction of sp³-hybridized carbons (Fsp3) is 0. The average molecular weight is 771 g/mol. The zero-order valence-electron chi connectivity index (χ0n) is 42.0. The first-order valence-electron chi connectivity index (χ1n) is 24.5. The molecule has 0 aliphatic rings. The van der Waals surface area contributed by atoms with E-state index in [0.717, 1.165) is 41.7 Å². The van der Waals surface area contributed by atoms with Crippen LogP contribution >= 0.6 is 11.3 Å². The van der Waals surface area contributed by atoms with E-state index in [1.165, 1.54) is 4.57 Å². The van der Waals surface area contributed by atoms with Crippen LogP contribution in [0.2, 0.25) is 0 Å². The molecule has 6 nitrogen and oxygen atoms in total. The predicted molar refractivity (Wildman–Crippen MR) is 241 cm³/mol. The van der Waals surface area contributed by atoms with Crippen LogP contribution < -0.4 is 0 Å². The van der Waals surface area contributed by atoms with E-state index in [2.05, 4.69) is 6.07 Å². The molecule has 0 aliphatic carbocycles. The molecule has 5 aromatic heterocycles. The Morgan fingerprint density at radius 3 is 1.59 bits per heavy atom. The van der Waals surface area contributed by atoms with E-state index in [0.29, 0.717) is 22.1 Å². The zero-order valence-corrected chi connectivity index (χ0v) is 30.8. The molecule has 0 fully saturated rings. The summed E-state index contributed by atoms with van der Waals surface area (Å²) in [4.78, 5) is 15.2. The summed E-state index contributed by atoms with van der Waals surface area (Å²) in [5.41, 5.74) is 2.07. The van der Waals surface area contributed by atoms with Gasteiger partial charge in [-0.25, -0.2) is 0 Å². The van der Waals surface area contributed by atoms with E-state index in [-0.39, 0.29) is 50.8 Å². The van der Waals surface area contributed by atoms with Gasteiger partial charge >= 0.3 is 0 Å². The lowest BCUT2D eigenvalue weighted by Crippen LogP contribution is -2.11. The van der Waals surface area contributed by atoms with Crippen LogP contribution in [0.3, 0.4) is 0 Å². The van der Waals surface area contributed by atoms with Crippen molar-refractivity contribution in [3.63, 3.8) is 0 Å². The predicted octanol–water partition coefficient (Wildman–Crippen LogP) is 13.2. The van der Waals surface area contributed by atoms with Gasteiger partial charge in [-0.3, -0.25) is 9.13 Å². The molecular weight excluding hydrogens is 729 g/mol. The van der Waals surface area contributed by atoms with E-state index in [4.69, 9.17) is 23.2 Å². The SMILES string of the molecule is [2H]c1c([2H])c([2H])c(-n2c3ccccc3c3ccc4sc5ccccc5c4c32)c(-c2nc(-n3c4ccccc4c4ccccc43)nc(-n3c4c([2H])c([2H])c([2H])c([2H])c4c4c([2H])c([2H])c([2H])c([2H])c43)n2)c1[2H]. The van der Waals surface area contributed by atoms with Gasteiger partial charge in [0.1, 0.15) is 0 Å². The highest BCUT2D eigenvalue weighted by molar-refractivity contribution is 7.26. The van der Waals surface area contributed by atoms with Gasteiger partial charge < -0.3 is 4.57 Å². The number of hydrogen-bond donors (Lipinski definition) is 0. The fourth-order valence-electron chi connectivity index (χ4n) is 8.56. The lowest BCUT2D eigenvalue weighted by molar-refractivity contribution is 0.892. The second-order valence-electron chi connectivity index (χ2n) is 13.9. The van der Waals surface area contributed by atoms with Crippen molar-refractivity contribution < 1.29 is 16.4 Å². The Bertz CT molecular complexity index is 4410. The van der Waals surface area contributed by atoms with E-state index < -0.39 is 72.5 Å². The molecule has 270 valence electrons. The van der Waals surface area contributed by atoms with Crippen molar-refractivity contribution in [3.05, 3.63) is 182 Å². The Kier molecular flexibility index (Phi) is 4.58. The van der Waals surface area contributed by atoms with Crippen LogP contribution in [0.15, 0.2) is 182 Å². The van der Waals surface area contributed by atoms with Crippen molar-refractivity contribution in [2.45, 2.75) is 0 Å². The van der Waals surface area contributed by atoms with Crippen LogP contribution in [0.4, 0.5) is 0 Å². The van der Waals surface area contributed by atoms with Crippen LogP contribution in [0.1, 0.15) is 16.4 Å². The Labute approximate surface area is 352 Å². The van der Waals surface area contributed by atoms with E-state index in [1.54, 1.807) is 15.9 Å². The standard InChI is InChI=1S/C51H30N6S/c1-9-23-40-31(15-1)32-16-2-10-24-41(32)56(40)50-52-49(53-51(54-50)57-42-25-11-3-17-33(42)34-18-4-12-26-43(34)57)37-20-6-13-27-44(37)55-39-22-8-5-19-35(39)36-29-30-46-47(48(36)55)38-21-7-14-28-45(38)58-46/h1-30H/i1D,2D,6D,9D,10D,13D,15D,16D,20D,23D,24D,27D. The van der Waals surface area contributed by atoms with Gasteiger partial charge in [-0.1, -0.05) is 127 Å². The van der Waals surface area contributed by atoms with Crippen LogP contribution in [0.5, 0.6) is 0 Å². The Morgan fingerprint density at radius 1 is 0.397 bits per heavy atom. The van der Waals surface area contributed by atoms with Gasteiger partial charge in [0.25, 0.3) is 0 Å². The van der Waals surface area contributed by atoms with Gasteiger partial charge in [-0.15, -0.1) is 11.3 Å². The minimum Gasteiger partial charge on any atom is -0.308 e. The Balaban J connectivity index is 1.26. The first-order valence-corrected chi connectivity index (χ1v) is 19.3. The third-order valence-electron chi connectivity index (χ3n) is 10.9. The maximum Gasteiger partial charge on any atom is 0.240 e. The summed E-state index contributed by atoms with van der Waals surface area (Å²) in [6, 6.07) is 28.2. The average Bonchev–Trinajstić information content (AvgIpc) is 4.13. The third kappa shape index (κ3) is 4.33. The van der Waals surface area contributed by atoms with E-state index in [9.17, 15) is 8.22 Å². The minimum absolute atomic E-state index is 0.0244. The fourth-order valence-corrected chi connectivity index (χ4v) is 9.67. The molecular formula is C51H30N6S. The van der Waals surface area contributed by atoms with Crippen molar-refractivity contribution in [3.8, 4) is 29.0 Å². The van der Waals surface area contributed by atoms with Gasteiger partial charge in [0.15, 0.2) is 5.82 Å². The van der Waals surface area contributed by atoms with Crippen LogP contribution in [0.25, 0.3) is 115 Å². The number of thiophene rings is 1. The quantitative estimate of drug-likeness (QED) is 0.179. The summed E-state index contributed by atoms with van der Waals surface area (Å²) in [6.45, 7) is 0. The van der Waals surface area contributed by atoms with Crippen molar-refractivity contribution in [1.82, 2.24) is 28.7 Å². The minimum atomic E-state index is -0.633. The largest absolute Gasteiger partial charge is 0.308 e. The second kappa shape index (κ2) is 11.9. The van der Waals surface area contributed by atoms with Crippen molar-refractivity contribution >= 4 is 96.9 Å². The number of hydrogen-bond acceptors (Lipinski definition) is 4. The molecule has 0 bridgehead atoms. The van der Waals surface area contributed by atoms with Crippen LogP contribution in [-0.2, 0) is 0 Å². The molecule has 0 spiro atoms. The van der Waals surface area contributed by atoms with E-state index >= 15 is 0 Å². The monoisotopic (exact) mass is 770 g/mol. The molecule has 7 heteroatoms. The Morgan fingerprint density at radius 2 is 0.914 bits per heavy atom. The highest BCUT2D eigenvalue weighted by Gasteiger charge is 2.24. The normalized spacial score (nSPS) is 15.0. The summed E-state index contributed by atoms with van der Waals surface area (Å²) in [6.07, 6.45) is 0. The van der Waals surface area contributed by atoms with Gasteiger partial charge in [0.2, 0.25) is 11.9 Å². The topological polar surface area (TPSA) is 53.5 Å². The third-order valence-corrected chi connectivity index (χ3v) is 12.1. The molecule has 5 heterocycles. The molecule has 0 unspecified atom stereocenters. The lowest BCUT2D eigenvalue weighted by atomic mass is 10.1. The van der Waals surface area contributed by atoms with Crippen LogP contribution in [-0.4, -0.2) is 28.7 Å². The highest BCUT2D eigenvalue weighted by Crippen LogP contribution is 2.44. The molecule has 58 heavy (non-hydrogen) atoms. The second-order valence-corrected chi connectivity index (χ2v) is 15.0. The van der Waals surface area contributed by atoms with Crippen molar-refractivity contribution in [2.75, 3.05) is 0 Å². The molecule has 0 N–H and O–H groups in total. The first-order chi connectivity index (χ1) is 33.8. The molecule has 0 radical (unpaired) electrons. The maximum atomic E-state index is 9.83. The summed E-state index contributed by atoms with van der Waals surface area (Å²) in [5, 5.41) is 4.79. The van der Waals surface area contributed by atoms with Crippen molar-refractivity contribution in [1.29, 1.82) is 0 Å². The zero-order chi connectivity index (χ0) is 48.3. The molecule has 0 amide bonds.